The minimum Gasteiger partial charge on any atom is -0.256 e. The number of fused-ring (bicyclic) bond motifs is 5. The predicted octanol–water partition coefficient (Wildman–Crippen LogP) is 13.9. The molecule has 0 N–H and O–H groups in total. The van der Waals surface area contributed by atoms with Crippen molar-refractivity contribution in [1.29, 1.82) is 0 Å². The number of nitrogens with zero attached hydrogens (tertiary/aromatic N) is 4. The second-order valence-corrected chi connectivity index (χ2v) is 14.6. The van der Waals surface area contributed by atoms with E-state index in [0.29, 0.717) is 5.82 Å². The molecule has 11 aromatic rings. The van der Waals surface area contributed by atoms with Crippen molar-refractivity contribution in [2.45, 2.75) is 0 Å². The van der Waals surface area contributed by atoms with Crippen molar-refractivity contribution in [3.05, 3.63) is 207 Å². The van der Waals surface area contributed by atoms with Gasteiger partial charge in [0.05, 0.1) is 22.4 Å². The Morgan fingerprint density at radius 2 is 0.845 bits per heavy atom. The summed E-state index contributed by atoms with van der Waals surface area (Å²) in [4.78, 5) is 19.7. The molecule has 0 spiro atoms. The van der Waals surface area contributed by atoms with Gasteiger partial charge in [0.25, 0.3) is 0 Å². The van der Waals surface area contributed by atoms with Crippen LogP contribution < -0.4 is 0 Å². The minimum absolute atomic E-state index is 0.675. The first-order valence-electron chi connectivity index (χ1n) is 19.5. The SMILES string of the molecule is c1cnc2c(-c3ccc(-c4cc(-c5ccc(-c6ccnc7ccccc67)cc5)nc(-c5ccc(-c6cc7ccccc7c7ccccc67)cc5)n4)cc3)cccc2c1. The largest absolute Gasteiger partial charge is 0.256 e. The Morgan fingerprint density at radius 1 is 0.293 bits per heavy atom. The van der Waals surface area contributed by atoms with Crippen molar-refractivity contribution >= 4 is 43.4 Å². The number of hydrogen-bond donors (Lipinski definition) is 0. The highest BCUT2D eigenvalue weighted by Crippen LogP contribution is 2.37. The topological polar surface area (TPSA) is 51.6 Å². The lowest BCUT2D eigenvalue weighted by Gasteiger charge is -2.13. The van der Waals surface area contributed by atoms with Gasteiger partial charge in [0, 0.05) is 45.4 Å². The van der Waals surface area contributed by atoms with Crippen LogP contribution in [0.3, 0.4) is 0 Å². The molecule has 4 nitrogen and oxygen atoms in total. The van der Waals surface area contributed by atoms with E-state index in [9.17, 15) is 0 Å². The molecule has 4 heteroatoms. The van der Waals surface area contributed by atoms with Gasteiger partial charge in [-0.2, -0.15) is 0 Å². The predicted molar refractivity (Wildman–Crippen MR) is 240 cm³/mol. The Bertz CT molecular complexity index is 3160. The van der Waals surface area contributed by atoms with Crippen LogP contribution >= 0.6 is 0 Å². The lowest BCUT2D eigenvalue weighted by molar-refractivity contribution is 1.18. The van der Waals surface area contributed by atoms with Crippen LogP contribution in [-0.4, -0.2) is 19.9 Å². The van der Waals surface area contributed by atoms with Crippen molar-refractivity contribution in [3.63, 3.8) is 0 Å². The highest BCUT2D eigenvalue weighted by Gasteiger charge is 2.14. The van der Waals surface area contributed by atoms with E-state index in [2.05, 4.69) is 187 Å². The van der Waals surface area contributed by atoms with E-state index in [1.165, 1.54) is 27.1 Å². The van der Waals surface area contributed by atoms with Gasteiger partial charge < -0.3 is 0 Å². The van der Waals surface area contributed by atoms with Gasteiger partial charge in [0.2, 0.25) is 0 Å². The summed E-state index contributed by atoms with van der Waals surface area (Å²) in [6.07, 6.45) is 3.73. The fourth-order valence-electron chi connectivity index (χ4n) is 8.29. The van der Waals surface area contributed by atoms with Gasteiger partial charge in [0.15, 0.2) is 5.82 Å². The van der Waals surface area contributed by atoms with E-state index in [4.69, 9.17) is 15.0 Å². The highest BCUT2D eigenvalue weighted by atomic mass is 14.9. The molecular formula is C54H34N4. The van der Waals surface area contributed by atoms with Gasteiger partial charge in [-0.05, 0) is 79.7 Å². The zero-order chi connectivity index (χ0) is 38.4. The van der Waals surface area contributed by atoms with Gasteiger partial charge in [0.1, 0.15) is 0 Å². The molecule has 0 aliphatic carbocycles. The summed E-state index contributed by atoms with van der Waals surface area (Å²) >= 11 is 0. The third-order valence-electron chi connectivity index (χ3n) is 11.2. The smallest absolute Gasteiger partial charge is 0.160 e. The molecule has 11 rings (SSSR count). The fraction of sp³-hybridized carbons (Fsp3) is 0. The van der Waals surface area contributed by atoms with Crippen LogP contribution in [-0.2, 0) is 0 Å². The molecule has 270 valence electrons. The number of aromatic nitrogens is 4. The summed E-state index contributed by atoms with van der Waals surface area (Å²) in [5, 5.41) is 7.24. The molecule has 58 heavy (non-hydrogen) atoms. The number of hydrogen-bond acceptors (Lipinski definition) is 4. The Balaban J connectivity index is 1.01. The quantitative estimate of drug-likeness (QED) is 0.159. The van der Waals surface area contributed by atoms with Gasteiger partial charge in [-0.25, -0.2) is 9.97 Å². The summed E-state index contributed by atoms with van der Waals surface area (Å²) in [6.45, 7) is 0. The standard InChI is InChI=1S/C54H34N4/c1-2-12-43-42(9-1)33-49(47-14-4-3-13-46(43)47)37-22-28-41(29-23-37)54-57-51(38-24-18-35(19-25-38)44-30-32-55-50-17-6-5-15-48(44)50)34-52(58-54)39-26-20-36(21-27-39)45-16-7-10-40-11-8-31-56-53(40)45/h1-34H. The third kappa shape index (κ3) is 5.96. The molecule has 0 bridgehead atoms. The zero-order valence-corrected chi connectivity index (χ0v) is 31.4. The minimum atomic E-state index is 0.675. The average molecular weight is 739 g/mol. The molecule has 0 fully saturated rings. The van der Waals surface area contributed by atoms with Crippen molar-refractivity contribution in [2.24, 2.45) is 0 Å². The van der Waals surface area contributed by atoms with Crippen molar-refractivity contribution in [2.75, 3.05) is 0 Å². The number of pyridine rings is 2. The van der Waals surface area contributed by atoms with Crippen LogP contribution in [0.2, 0.25) is 0 Å². The van der Waals surface area contributed by atoms with Gasteiger partial charge in [-0.3, -0.25) is 9.97 Å². The van der Waals surface area contributed by atoms with E-state index in [0.717, 1.165) is 77.7 Å². The van der Waals surface area contributed by atoms with Crippen LogP contribution in [0.1, 0.15) is 0 Å². The molecule has 0 atom stereocenters. The molecule has 0 radical (unpaired) electrons. The number of para-hydroxylation sites is 2. The monoisotopic (exact) mass is 738 g/mol. The molecule has 0 aliphatic rings. The van der Waals surface area contributed by atoms with E-state index in [1.807, 2.05) is 24.5 Å². The molecule has 0 unspecified atom stereocenters. The first kappa shape index (κ1) is 33.5. The summed E-state index contributed by atoms with van der Waals surface area (Å²) in [7, 11) is 0. The second kappa shape index (κ2) is 14.0. The molecule has 3 aromatic heterocycles. The second-order valence-electron chi connectivity index (χ2n) is 14.6. The summed E-state index contributed by atoms with van der Waals surface area (Å²) in [6, 6.07) is 68.4. The van der Waals surface area contributed by atoms with Crippen LogP contribution in [0.5, 0.6) is 0 Å². The van der Waals surface area contributed by atoms with Crippen LogP contribution in [0.25, 0.3) is 111 Å². The molecule has 0 amide bonds. The van der Waals surface area contributed by atoms with Crippen LogP contribution in [0.15, 0.2) is 207 Å². The lowest BCUT2D eigenvalue weighted by Crippen LogP contribution is -1.96. The van der Waals surface area contributed by atoms with Crippen molar-refractivity contribution in [3.8, 4) is 67.3 Å². The Kier molecular flexibility index (Phi) is 8.11. The van der Waals surface area contributed by atoms with Crippen LogP contribution in [0.4, 0.5) is 0 Å². The molecule has 0 aliphatic heterocycles. The normalized spacial score (nSPS) is 11.4. The maximum Gasteiger partial charge on any atom is 0.160 e. The third-order valence-corrected chi connectivity index (χ3v) is 11.2. The number of benzene rings is 8. The summed E-state index contributed by atoms with van der Waals surface area (Å²) < 4.78 is 0. The van der Waals surface area contributed by atoms with E-state index in [1.54, 1.807) is 0 Å². The summed E-state index contributed by atoms with van der Waals surface area (Å²) in [5.41, 5.74) is 13.5. The Hall–Kier alpha value is -7.82. The molecule has 0 saturated heterocycles. The summed E-state index contributed by atoms with van der Waals surface area (Å²) in [5.74, 6) is 0.675. The first-order chi connectivity index (χ1) is 28.7. The highest BCUT2D eigenvalue weighted by molar-refractivity contribution is 6.13. The molecule has 3 heterocycles. The van der Waals surface area contributed by atoms with Gasteiger partial charge in [-0.15, -0.1) is 0 Å². The first-order valence-corrected chi connectivity index (χ1v) is 19.5. The molecule has 0 saturated carbocycles. The van der Waals surface area contributed by atoms with Gasteiger partial charge in [-0.1, -0.05) is 164 Å². The maximum atomic E-state index is 5.21. The van der Waals surface area contributed by atoms with E-state index >= 15 is 0 Å². The molecule has 8 aromatic carbocycles. The maximum absolute atomic E-state index is 5.21. The van der Waals surface area contributed by atoms with Gasteiger partial charge >= 0.3 is 0 Å². The Labute approximate surface area is 335 Å². The average Bonchev–Trinajstić information content (AvgIpc) is 3.31. The zero-order valence-electron chi connectivity index (χ0n) is 31.4. The van der Waals surface area contributed by atoms with E-state index < -0.39 is 0 Å². The van der Waals surface area contributed by atoms with Crippen LogP contribution in [0, 0.1) is 0 Å². The van der Waals surface area contributed by atoms with Crippen molar-refractivity contribution < 1.29 is 0 Å². The lowest BCUT2D eigenvalue weighted by atomic mass is 9.93. The van der Waals surface area contributed by atoms with Crippen molar-refractivity contribution in [1.82, 2.24) is 19.9 Å². The van der Waals surface area contributed by atoms with E-state index in [-0.39, 0.29) is 0 Å². The fourth-order valence-corrected chi connectivity index (χ4v) is 8.29. The number of rotatable bonds is 6. The molecular weight excluding hydrogens is 705 g/mol. The Morgan fingerprint density at radius 3 is 1.59 bits per heavy atom.